The van der Waals surface area contributed by atoms with E-state index in [4.69, 9.17) is 4.74 Å². The Morgan fingerprint density at radius 2 is 2.20 bits per heavy atom. The zero-order chi connectivity index (χ0) is 7.98. The van der Waals surface area contributed by atoms with Gasteiger partial charge in [0.25, 0.3) is 6.47 Å². The number of likely N-dealkylation sites (N-methyl/N-ethyl adjacent to an activating group) is 1. The van der Waals surface area contributed by atoms with Crippen LogP contribution < -0.4 is 5.32 Å². The van der Waals surface area contributed by atoms with E-state index in [0.29, 0.717) is 12.4 Å². The predicted molar refractivity (Wildman–Crippen MR) is 39.7 cm³/mol. The number of hydrogen-bond acceptors (Lipinski definition) is 3. The highest BCUT2D eigenvalue weighted by Crippen LogP contribution is 2.03. The van der Waals surface area contributed by atoms with Crippen LogP contribution in [0.5, 0.6) is 0 Å². The van der Waals surface area contributed by atoms with E-state index >= 15 is 0 Å². The minimum Gasteiger partial charge on any atom is -0.463 e. The van der Waals surface area contributed by atoms with E-state index in [0.717, 1.165) is 6.54 Å². The van der Waals surface area contributed by atoms with Gasteiger partial charge in [0, 0.05) is 6.54 Å². The molecule has 0 rings (SSSR count). The first-order valence-corrected chi connectivity index (χ1v) is 3.46. The molecule has 0 saturated heterocycles. The molecule has 0 radical (unpaired) electrons. The molecule has 60 valence electrons. The minimum atomic E-state index is 0.00231. The molecule has 3 nitrogen and oxygen atoms in total. The lowest BCUT2D eigenvalue weighted by Crippen LogP contribution is -2.30. The SMILES string of the molecule is CNCC(OC=O)C(C)C. The fraction of sp³-hybridized carbons (Fsp3) is 0.857. The van der Waals surface area contributed by atoms with E-state index in [-0.39, 0.29) is 6.10 Å². The summed E-state index contributed by atoms with van der Waals surface area (Å²) >= 11 is 0. The lowest BCUT2D eigenvalue weighted by Gasteiger charge is -2.17. The Bertz CT molecular complexity index is 93.6. The molecular formula is C7H15NO2. The van der Waals surface area contributed by atoms with Gasteiger partial charge in [-0.05, 0) is 13.0 Å². The second kappa shape index (κ2) is 5.23. The van der Waals surface area contributed by atoms with Crippen molar-refractivity contribution in [2.45, 2.75) is 20.0 Å². The molecule has 0 bridgehead atoms. The highest BCUT2D eigenvalue weighted by atomic mass is 16.5. The van der Waals surface area contributed by atoms with E-state index in [1.165, 1.54) is 0 Å². The quantitative estimate of drug-likeness (QED) is 0.569. The van der Waals surface area contributed by atoms with Crippen molar-refractivity contribution in [2.24, 2.45) is 5.92 Å². The lowest BCUT2D eigenvalue weighted by atomic mass is 10.1. The van der Waals surface area contributed by atoms with Crippen LogP contribution in [0.25, 0.3) is 0 Å². The molecule has 1 unspecified atom stereocenters. The highest BCUT2D eigenvalue weighted by Gasteiger charge is 2.11. The van der Waals surface area contributed by atoms with E-state index in [2.05, 4.69) is 5.32 Å². The highest BCUT2D eigenvalue weighted by molar-refractivity contribution is 5.37. The molecule has 0 aromatic heterocycles. The number of carbonyl (C=O) groups is 1. The molecule has 0 saturated carbocycles. The third kappa shape index (κ3) is 3.45. The minimum absolute atomic E-state index is 0.00231. The van der Waals surface area contributed by atoms with Crippen LogP contribution in [0.4, 0.5) is 0 Å². The molecule has 1 N–H and O–H groups in total. The van der Waals surface area contributed by atoms with Crippen molar-refractivity contribution in [3.63, 3.8) is 0 Å². The third-order valence-electron chi connectivity index (χ3n) is 1.38. The topological polar surface area (TPSA) is 38.3 Å². The normalized spacial score (nSPS) is 13.2. The van der Waals surface area contributed by atoms with E-state index < -0.39 is 0 Å². The van der Waals surface area contributed by atoms with Gasteiger partial charge in [-0.25, -0.2) is 0 Å². The average Bonchev–Trinajstić information content (AvgIpc) is 1.87. The van der Waals surface area contributed by atoms with Crippen molar-refractivity contribution in [3.05, 3.63) is 0 Å². The van der Waals surface area contributed by atoms with Crippen LogP contribution in [-0.2, 0) is 9.53 Å². The molecule has 0 heterocycles. The molecule has 3 heteroatoms. The molecule has 0 aromatic rings. The van der Waals surface area contributed by atoms with Crippen LogP contribution >= 0.6 is 0 Å². The van der Waals surface area contributed by atoms with Crippen LogP contribution in [-0.4, -0.2) is 26.2 Å². The fourth-order valence-corrected chi connectivity index (χ4v) is 0.713. The van der Waals surface area contributed by atoms with Crippen LogP contribution in [0.3, 0.4) is 0 Å². The summed E-state index contributed by atoms with van der Waals surface area (Å²) in [4.78, 5) is 9.94. The second-order valence-electron chi connectivity index (χ2n) is 2.57. The van der Waals surface area contributed by atoms with E-state index in [1.54, 1.807) is 0 Å². The first-order chi connectivity index (χ1) is 4.72. The first-order valence-electron chi connectivity index (χ1n) is 3.46. The van der Waals surface area contributed by atoms with Crippen molar-refractivity contribution in [2.75, 3.05) is 13.6 Å². The molecular weight excluding hydrogens is 130 g/mol. The summed E-state index contributed by atoms with van der Waals surface area (Å²) in [5.74, 6) is 0.373. The standard InChI is InChI=1S/C7H15NO2/c1-6(2)7(4-8-3)10-5-9/h5-8H,4H2,1-3H3. The van der Waals surface area contributed by atoms with Gasteiger partial charge in [-0.1, -0.05) is 13.8 Å². The summed E-state index contributed by atoms with van der Waals surface area (Å²) in [5, 5.41) is 2.95. The molecule has 0 fully saturated rings. The van der Waals surface area contributed by atoms with Crippen molar-refractivity contribution < 1.29 is 9.53 Å². The van der Waals surface area contributed by atoms with E-state index in [1.807, 2.05) is 20.9 Å². The Morgan fingerprint density at radius 1 is 1.60 bits per heavy atom. The molecule has 10 heavy (non-hydrogen) atoms. The fourth-order valence-electron chi connectivity index (χ4n) is 0.713. The summed E-state index contributed by atoms with van der Waals surface area (Å²) < 4.78 is 4.80. The van der Waals surface area contributed by atoms with Crippen LogP contribution in [0.15, 0.2) is 0 Å². The number of hydrogen-bond donors (Lipinski definition) is 1. The maximum atomic E-state index is 9.94. The molecule has 1 atom stereocenters. The summed E-state index contributed by atoms with van der Waals surface area (Å²) in [7, 11) is 1.84. The molecule has 0 aliphatic heterocycles. The van der Waals surface area contributed by atoms with Crippen molar-refractivity contribution in [3.8, 4) is 0 Å². The van der Waals surface area contributed by atoms with Gasteiger partial charge < -0.3 is 10.1 Å². The summed E-state index contributed by atoms with van der Waals surface area (Å²) in [6.07, 6.45) is 0.00231. The summed E-state index contributed by atoms with van der Waals surface area (Å²) in [6, 6.07) is 0. The zero-order valence-corrected chi connectivity index (χ0v) is 6.76. The molecule has 0 amide bonds. The maximum absolute atomic E-state index is 9.94. The summed E-state index contributed by atoms with van der Waals surface area (Å²) in [6.45, 7) is 5.26. The Balaban J connectivity index is 3.60. The van der Waals surface area contributed by atoms with Gasteiger partial charge >= 0.3 is 0 Å². The Labute approximate surface area is 61.8 Å². The Kier molecular flexibility index (Phi) is 4.94. The summed E-state index contributed by atoms with van der Waals surface area (Å²) in [5.41, 5.74) is 0. The number of nitrogens with one attached hydrogen (secondary N) is 1. The maximum Gasteiger partial charge on any atom is 0.293 e. The Morgan fingerprint density at radius 3 is 2.50 bits per heavy atom. The zero-order valence-electron chi connectivity index (χ0n) is 6.76. The largest absolute Gasteiger partial charge is 0.463 e. The smallest absolute Gasteiger partial charge is 0.293 e. The molecule has 0 aliphatic rings. The van der Waals surface area contributed by atoms with Gasteiger partial charge in [0.1, 0.15) is 6.10 Å². The van der Waals surface area contributed by atoms with Crippen molar-refractivity contribution >= 4 is 6.47 Å². The number of rotatable bonds is 5. The monoisotopic (exact) mass is 145 g/mol. The van der Waals surface area contributed by atoms with Gasteiger partial charge in [0.05, 0.1) is 0 Å². The average molecular weight is 145 g/mol. The molecule has 0 spiro atoms. The first kappa shape index (κ1) is 9.43. The van der Waals surface area contributed by atoms with Crippen LogP contribution in [0.1, 0.15) is 13.8 Å². The molecule has 0 aromatic carbocycles. The van der Waals surface area contributed by atoms with Crippen molar-refractivity contribution in [1.29, 1.82) is 0 Å². The van der Waals surface area contributed by atoms with Crippen LogP contribution in [0, 0.1) is 5.92 Å². The van der Waals surface area contributed by atoms with Gasteiger partial charge in [0.2, 0.25) is 0 Å². The van der Waals surface area contributed by atoms with Gasteiger partial charge in [-0.15, -0.1) is 0 Å². The molecule has 0 aliphatic carbocycles. The van der Waals surface area contributed by atoms with E-state index in [9.17, 15) is 4.79 Å². The van der Waals surface area contributed by atoms with Crippen LogP contribution in [0.2, 0.25) is 0 Å². The second-order valence-corrected chi connectivity index (χ2v) is 2.57. The Hall–Kier alpha value is -0.570. The lowest BCUT2D eigenvalue weighted by molar-refractivity contribution is -0.135. The predicted octanol–water partition coefficient (Wildman–Crippen LogP) is 0.403. The van der Waals surface area contributed by atoms with Gasteiger partial charge in [-0.2, -0.15) is 0 Å². The van der Waals surface area contributed by atoms with Gasteiger partial charge in [0.15, 0.2) is 0 Å². The number of ether oxygens (including phenoxy) is 1. The van der Waals surface area contributed by atoms with Gasteiger partial charge in [-0.3, -0.25) is 4.79 Å². The third-order valence-corrected chi connectivity index (χ3v) is 1.38. The van der Waals surface area contributed by atoms with Crippen molar-refractivity contribution in [1.82, 2.24) is 5.32 Å². The number of carbonyl (C=O) groups excluding carboxylic acids is 1.